The molecule has 1 aliphatic rings. The number of allylic oxidation sites excluding steroid dienone is 2. The molecule has 4 rings (SSSR count). The molecule has 0 aliphatic heterocycles. The fourth-order valence-corrected chi connectivity index (χ4v) is 4.12. The quantitative estimate of drug-likeness (QED) is 0.389. The smallest absolute Gasteiger partial charge is 0.0102 e. The van der Waals surface area contributed by atoms with Crippen LogP contribution in [-0.2, 0) is 19.3 Å². The summed E-state index contributed by atoms with van der Waals surface area (Å²) in [6.45, 7) is 2.11. The van der Waals surface area contributed by atoms with E-state index in [0.29, 0.717) is 0 Å². The molecule has 1 aliphatic carbocycles. The van der Waals surface area contributed by atoms with Crippen molar-refractivity contribution in [2.45, 2.75) is 45.4 Å². The largest absolute Gasteiger partial charge is 0.0917 e. The zero-order valence-corrected chi connectivity index (χ0v) is 13.9. The van der Waals surface area contributed by atoms with E-state index in [0.717, 1.165) is 12.8 Å². The Morgan fingerprint density at radius 2 is 1.65 bits per heavy atom. The molecule has 0 aromatic heterocycles. The van der Waals surface area contributed by atoms with Gasteiger partial charge in [0.15, 0.2) is 0 Å². The minimum Gasteiger partial charge on any atom is -0.0917 e. The van der Waals surface area contributed by atoms with Crippen LogP contribution in [0.5, 0.6) is 0 Å². The average molecular weight is 300 g/mol. The second-order valence-corrected chi connectivity index (χ2v) is 6.69. The monoisotopic (exact) mass is 300 g/mol. The molecule has 0 heteroatoms. The standard InChI is InChI=1S/C23H24/c1-2-3-4-10-18-16-23-19-11-6-5-9-17(19)14-15-22(23)21-13-8-7-12-20(18)21/h2-3,7-8,12-16H,4-6,9-11H2,1H3. The number of hydrogen-bond acceptors (Lipinski definition) is 0. The van der Waals surface area contributed by atoms with Gasteiger partial charge in [-0.15, -0.1) is 0 Å². The molecule has 3 aromatic rings. The van der Waals surface area contributed by atoms with Gasteiger partial charge in [0.25, 0.3) is 0 Å². The molecule has 0 amide bonds. The van der Waals surface area contributed by atoms with Gasteiger partial charge in [-0.25, -0.2) is 0 Å². The number of benzene rings is 3. The van der Waals surface area contributed by atoms with Gasteiger partial charge in [0, 0.05) is 0 Å². The zero-order valence-electron chi connectivity index (χ0n) is 13.9. The van der Waals surface area contributed by atoms with Crippen molar-refractivity contribution >= 4 is 21.5 Å². The van der Waals surface area contributed by atoms with Gasteiger partial charge in [-0.1, -0.05) is 54.6 Å². The van der Waals surface area contributed by atoms with Crippen molar-refractivity contribution in [3.05, 3.63) is 71.3 Å². The van der Waals surface area contributed by atoms with Crippen LogP contribution in [0.4, 0.5) is 0 Å². The molecule has 0 bridgehead atoms. The Balaban J connectivity index is 1.99. The molecule has 0 saturated carbocycles. The topological polar surface area (TPSA) is 0 Å². The molecule has 0 nitrogen and oxygen atoms in total. The molecule has 0 spiro atoms. The lowest BCUT2D eigenvalue weighted by molar-refractivity contribution is 0.690. The van der Waals surface area contributed by atoms with Crippen LogP contribution in [0.2, 0.25) is 0 Å². The zero-order chi connectivity index (χ0) is 15.6. The summed E-state index contributed by atoms with van der Waals surface area (Å²) in [6.07, 6.45) is 11.9. The minimum absolute atomic E-state index is 1.13. The van der Waals surface area contributed by atoms with Gasteiger partial charge in [0.1, 0.15) is 0 Å². The molecular weight excluding hydrogens is 276 g/mol. The Morgan fingerprint density at radius 3 is 2.52 bits per heavy atom. The van der Waals surface area contributed by atoms with E-state index in [9.17, 15) is 0 Å². The van der Waals surface area contributed by atoms with Crippen LogP contribution in [0.15, 0.2) is 54.6 Å². The minimum atomic E-state index is 1.13. The van der Waals surface area contributed by atoms with Crippen molar-refractivity contribution in [2.75, 3.05) is 0 Å². The van der Waals surface area contributed by atoms with Crippen LogP contribution in [0.25, 0.3) is 21.5 Å². The molecule has 0 atom stereocenters. The van der Waals surface area contributed by atoms with Crippen molar-refractivity contribution in [3.63, 3.8) is 0 Å². The van der Waals surface area contributed by atoms with Crippen molar-refractivity contribution < 1.29 is 0 Å². The fraction of sp³-hybridized carbons (Fsp3) is 0.304. The summed E-state index contributed by atoms with van der Waals surface area (Å²) in [5.74, 6) is 0. The van der Waals surface area contributed by atoms with Crippen LogP contribution in [0, 0.1) is 0 Å². The average Bonchev–Trinajstić information content (AvgIpc) is 2.62. The first-order chi connectivity index (χ1) is 11.4. The lowest BCUT2D eigenvalue weighted by Crippen LogP contribution is -2.03. The highest BCUT2D eigenvalue weighted by molar-refractivity contribution is 6.10. The van der Waals surface area contributed by atoms with E-state index in [1.807, 2.05) is 0 Å². The Kier molecular flexibility index (Phi) is 3.91. The van der Waals surface area contributed by atoms with E-state index >= 15 is 0 Å². The molecule has 0 saturated heterocycles. The SMILES string of the molecule is CC=CCCc1cc2c3c(ccc2c2ccccc12)CCCC3. The van der Waals surface area contributed by atoms with Crippen molar-refractivity contribution in [2.24, 2.45) is 0 Å². The summed E-state index contributed by atoms with van der Waals surface area (Å²) in [5, 5.41) is 5.81. The van der Waals surface area contributed by atoms with Crippen LogP contribution < -0.4 is 0 Å². The van der Waals surface area contributed by atoms with E-state index < -0.39 is 0 Å². The summed E-state index contributed by atoms with van der Waals surface area (Å²) in [4.78, 5) is 0. The van der Waals surface area contributed by atoms with Crippen LogP contribution in [-0.4, -0.2) is 0 Å². The number of hydrogen-bond donors (Lipinski definition) is 0. The summed E-state index contributed by atoms with van der Waals surface area (Å²) in [5.41, 5.74) is 4.70. The molecule has 3 aromatic carbocycles. The van der Waals surface area contributed by atoms with Gasteiger partial charge in [0.05, 0.1) is 0 Å². The molecular formula is C23H24. The first-order valence-corrected chi connectivity index (χ1v) is 8.94. The second-order valence-electron chi connectivity index (χ2n) is 6.69. The van der Waals surface area contributed by atoms with E-state index in [1.54, 1.807) is 11.1 Å². The number of aryl methyl sites for hydroxylation is 3. The van der Waals surface area contributed by atoms with Gasteiger partial charge in [-0.3, -0.25) is 0 Å². The molecule has 0 unspecified atom stereocenters. The van der Waals surface area contributed by atoms with E-state index in [2.05, 4.69) is 61.5 Å². The molecule has 0 fully saturated rings. The molecule has 0 radical (unpaired) electrons. The van der Waals surface area contributed by atoms with Crippen molar-refractivity contribution in [1.82, 2.24) is 0 Å². The molecule has 0 heterocycles. The fourth-order valence-electron chi connectivity index (χ4n) is 4.12. The summed E-state index contributed by atoms with van der Waals surface area (Å²) in [6, 6.07) is 16.2. The van der Waals surface area contributed by atoms with E-state index in [-0.39, 0.29) is 0 Å². The predicted octanol–water partition coefficient (Wildman–Crippen LogP) is 6.38. The van der Waals surface area contributed by atoms with Gasteiger partial charge >= 0.3 is 0 Å². The Morgan fingerprint density at radius 1 is 0.870 bits per heavy atom. The Hall–Kier alpha value is -2.08. The lowest BCUT2D eigenvalue weighted by Gasteiger charge is -2.20. The van der Waals surface area contributed by atoms with Crippen molar-refractivity contribution in [1.29, 1.82) is 0 Å². The molecule has 116 valence electrons. The predicted molar refractivity (Wildman–Crippen MR) is 101 cm³/mol. The van der Waals surface area contributed by atoms with Crippen LogP contribution in [0.1, 0.15) is 42.9 Å². The first kappa shape index (κ1) is 14.5. The third-order valence-corrected chi connectivity index (χ3v) is 5.27. The lowest BCUT2D eigenvalue weighted by atomic mass is 9.85. The maximum absolute atomic E-state index is 2.49. The van der Waals surface area contributed by atoms with Gasteiger partial charge < -0.3 is 0 Å². The summed E-state index contributed by atoms with van der Waals surface area (Å²) >= 11 is 0. The van der Waals surface area contributed by atoms with Crippen LogP contribution in [0.3, 0.4) is 0 Å². The maximum atomic E-state index is 2.49. The number of fused-ring (bicyclic) bond motifs is 5. The highest BCUT2D eigenvalue weighted by atomic mass is 14.2. The Bertz CT molecular complexity index is 883. The second kappa shape index (κ2) is 6.20. The normalized spacial score (nSPS) is 14.7. The van der Waals surface area contributed by atoms with E-state index in [4.69, 9.17) is 0 Å². The van der Waals surface area contributed by atoms with E-state index in [1.165, 1.54) is 52.8 Å². The third kappa shape index (κ3) is 2.57. The molecule has 23 heavy (non-hydrogen) atoms. The van der Waals surface area contributed by atoms with Gasteiger partial charge in [0.2, 0.25) is 0 Å². The highest BCUT2D eigenvalue weighted by Gasteiger charge is 2.15. The van der Waals surface area contributed by atoms with Crippen LogP contribution >= 0.6 is 0 Å². The highest BCUT2D eigenvalue weighted by Crippen LogP contribution is 2.35. The third-order valence-electron chi connectivity index (χ3n) is 5.27. The summed E-state index contributed by atoms with van der Waals surface area (Å²) < 4.78 is 0. The molecule has 0 N–H and O–H groups in total. The first-order valence-electron chi connectivity index (χ1n) is 8.94. The van der Waals surface area contributed by atoms with Gasteiger partial charge in [-0.05, 0) is 83.7 Å². The summed E-state index contributed by atoms with van der Waals surface area (Å²) in [7, 11) is 0. The number of rotatable bonds is 3. The Labute approximate surface area is 138 Å². The van der Waals surface area contributed by atoms with Crippen molar-refractivity contribution in [3.8, 4) is 0 Å². The van der Waals surface area contributed by atoms with Gasteiger partial charge in [-0.2, -0.15) is 0 Å². The maximum Gasteiger partial charge on any atom is -0.0102 e.